The molecule has 2 aromatic rings. The lowest BCUT2D eigenvalue weighted by Crippen LogP contribution is -2.18. The summed E-state index contributed by atoms with van der Waals surface area (Å²) in [6, 6.07) is 12.5. The number of benzene rings is 1. The molecule has 0 fully saturated rings. The Labute approximate surface area is 134 Å². The van der Waals surface area contributed by atoms with E-state index in [1.54, 1.807) is 0 Å². The topological polar surface area (TPSA) is 34.1 Å². The van der Waals surface area contributed by atoms with Gasteiger partial charge < -0.3 is 10.1 Å². The van der Waals surface area contributed by atoms with Crippen LogP contribution in [-0.2, 0) is 6.54 Å². The van der Waals surface area contributed by atoms with Gasteiger partial charge in [-0.05, 0) is 66.5 Å². The van der Waals surface area contributed by atoms with Crippen molar-refractivity contribution in [3.63, 3.8) is 0 Å². The van der Waals surface area contributed by atoms with Gasteiger partial charge in [-0.2, -0.15) is 0 Å². The lowest BCUT2D eigenvalue weighted by atomic mass is 10.1. The quantitative estimate of drug-likeness (QED) is 0.835. The van der Waals surface area contributed by atoms with Crippen LogP contribution in [0.4, 0.5) is 0 Å². The Morgan fingerprint density at radius 3 is 2.67 bits per heavy atom. The minimum Gasteiger partial charge on any atom is -0.491 e. The highest BCUT2D eigenvalue weighted by molar-refractivity contribution is 9.10. The normalized spacial score (nSPS) is 12.4. The summed E-state index contributed by atoms with van der Waals surface area (Å²) < 4.78 is 6.73. The van der Waals surface area contributed by atoms with Crippen LogP contribution in [0.25, 0.3) is 0 Å². The van der Waals surface area contributed by atoms with Crippen LogP contribution < -0.4 is 10.1 Å². The van der Waals surface area contributed by atoms with Crippen LogP contribution in [0, 0.1) is 0 Å². The molecule has 0 bridgehead atoms. The molecule has 1 unspecified atom stereocenters. The summed E-state index contributed by atoms with van der Waals surface area (Å²) in [5.41, 5.74) is 2.24. The number of ether oxygens (including phenoxy) is 1. The summed E-state index contributed by atoms with van der Waals surface area (Å²) in [5, 5.41) is 3.48. The van der Waals surface area contributed by atoms with Gasteiger partial charge in [0.25, 0.3) is 0 Å². The molecule has 0 spiro atoms. The standard InChI is InChI=1S/C17H21BrN2O/c1-12(2)21-17-6-4-5-14(9-17)13(3)19-11-16-8-7-15(18)10-20-16/h4-10,12-13,19H,11H2,1-3H3. The third kappa shape index (κ3) is 5.14. The Kier molecular flexibility index (Phi) is 5.76. The number of aromatic nitrogens is 1. The summed E-state index contributed by atoms with van der Waals surface area (Å²) in [6.45, 7) is 6.96. The summed E-state index contributed by atoms with van der Waals surface area (Å²) >= 11 is 3.39. The molecule has 0 saturated carbocycles. The average molecular weight is 349 g/mol. The zero-order valence-corrected chi connectivity index (χ0v) is 14.2. The predicted molar refractivity (Wildman–Crippen MR) is 89.4 cm³/mol. The van der Waals surface area contributed by atoms with Crippen LogP contribution in [0.1, 0.15) is 38.1 Å². The molecule has 4 heteroatoms. The van der Waals surface area contributed by atoms with Crippen LogP contribution in [-0.4, -0.2) is 11.1 Å². The Bertz CT molecular complexity index is 569. The molecule has 3 nitrogen and oxygen atoms in total. The van der Waals surface area contributed by atoms with E-state index >= 15 is 0 Å². The predicted octanol–water partition coefficient (Wildman–Crippen LogP) is 4.48. The van der Waals surface area contributed by atoms with E-state index in [1.807, 2.05) is 44.3 Å². The van der Waals surface area contributed by atoms with Gasteiger partial charge in [0.05, 0.1) is 11.8 Å². The highest BCUT2D eigenvalue weighted by Crippen LogP contribution is 2.20. The Morgan fingerprint density at radius 2 is 2.00 bits per heavy atom. The fraction of sp³-hybridized carbons (Fsp3) is 0.353. The SMILES string of the molecule is CC(C)Oc1cccc(C(C)NCc2ccc(Br)cn2)c1. The van der Waals surface area contributed by atoms with E-state index in [0.717, 1.165) is 22.5 Å². The first kappa shape index (κ1) is 16.0. The number of halogens is 1. The van der Waals surface area contributed by atoms with Crippen molar-refractivity contribution in [3.8, 4) is 5.75 Å². The molecular formula is C17H21BrN2O. The molecule has 1 N–H and O–H groups in total. The molecular weight excluding hydrogens is 328 g/mol. The zero-order chi connectivity index (χ0) is 15.2. The van der Waals surface area contributed by atoms with E-state index in [1.165, 1.54) is 5.56 Å². The van der Waals surface area contributed by atoms with E-state index in [2.05, 4.69) is 45.3 Å². The minimum atomic E-state index is 0.190. The van der Waals surface area contributed by atoms with E-state index in [0.29, 0.717) is 0 Å². The van der Waals surface area contributed by atoms with Gasteiger partial charge in [-0.1, -0.05) is 12.1 Å². The van der Waals surface area contributed by atoms with Crippen molar-refractivity contribution >= 4 is 15.9 Å². The number of nitrogens with zero attached hydrogens (tertiary/aromatic N) is 1. The summed E-state index contributed by atoms with van der Waals surface area (Å²) in [6.07, 6.45) is 2.01. The summed E-state index contributed by atoms with van der Waals surface area (Å²) in [5.74, 6) is 0.915. The maximum absolute atomic E-state index is 5.74. The van der Waals surface area contributed by atoms with Crippen molar-refractivity contribution in [2.75, 3.05) is 0 Å². The molecule has 0 aliphatic heterocycles. The largest absolute Gasteiger partial charge is 0.491 e. The lowest BCUT2D eigenvalue weighted by molar-refractivity contribution is 0.242. The molecule has 1 aromatic carbocycles. The van der Waals surface area contributed by atoms with Crippen LogP contribution in [0.3, 0.4) is 0 Å². The third-order valence-electron chi connectivity index (χ3n) is 3.11. The minimum absolute atomic E-state index is 0.190. The first-order chi connectivity index (χ1) is 10.0. The molecule has 1 heterocycles. The van der Waals surface area contributed by atoms with Crippen LogP contribution in [0.5, 0.6) is 5.75 Å². The number of hydrogen-bond donors (Lipinski definition) is 1. The van der Waals surface area contributed by atoms with Crippen molar-refractivity contribution in [2.24, 2.45) is 0 Å². The molecule has 0 saturated heterocycles. The second-order valence-electron chi connectivity index (χ2n) is 5.31. The van der Waals surface area contributed by atoms with Gasteiger partial charge in [0.1, 0.15) is 5.75 Å². The van der Waals surface area contributed by atoms with Crippen molar-refractivity contribution in [1.29, 1.82) is 0 Å². The maximum Gasteiger partial charge on any atom is 0.120 e. The molecule has 21 heavy (non-hydrogen) atoms. The van der Waals surface area contributed by atoms with Gasteiger partial charge in [0, 0.05) is 23.3 Å². The number of nitrogens with one attached hydrogen (secondary N) is 1. The molecule has 1 aromatic heterocycles. The van der Waals surface area contributed by atoms with Gasteiger partial charge in [-0.25, -0.2) is 0 Å². The second-order valence-corrected chi connectivity index (χ2v) is 6.23. The first-order valence-corrected chi connectivity index (χ1v) is 7.94. The van der Waals surface area contributed by atoms with E-state index in [4.69, 9.17) is 4.74 Å². The smallest absolute Gasteiger partial charge is 0.120 e. The molecule has 0 aliphatic rings. The number of pyridine rings is 1. The Morgan fingerprint density at radius 1 is 1.19 bits per heavy atom. The van der Waals surface area contributed by atoms with Gasteiger partial charge in [0.15, 0.2) is 0 Å². The highest BCUT2D eigenvalue weighted by atomic mass is 79.9. The second kappa shape index (κ2) is 7.57. The van der Waals surface area contributed by atoms with Crippen molar-refractivity contribution in [3.05, 3.63) is 58.3 Å². The lowest BCUT2D eigenvalue weighted by Gasteiger charge is -2.16. The van der Waals surface area contributed by atoms with Crippen molar-refractivity contribution in [2.45, 2.75) is 39.5 Å². The van der Waals surface area contributed by atoms with Gasteiger partial charge >= 0.3 is 0 Å². The number of rotatable bonds is 6. The Hall–Kier alpha value is -1.39. The maximum atomic E-state index is 5.74. The highest BCUT2D eigenvalue weighted by Gasteiger charge is 2.07. The molecule has 112 valence electrons. The van der Waals surface area contributed by atoms with Gasteiger partial charge in [0.2, 0.25) is 0 Å². The monoisotopic (exact) mass is 348 g/mol. The van der Waals surface area contributed by atoms with E-state index in [9.17, 15) is 0 Å². The molecule has 1 atom stereocenters. The van der Waals surface area contributed by atoms with Crippen molar-refractivity contribution < 1.29 is 4.74 Å². The molecule has 0 aliphatic carbocycles. The first-order valence-electron chi connectivity index (χ1n) is 7.15. The van der Waals surface area contributed by atoms with Gasteiger partial charge in [-0.15, -0.1) is 0 Å². The zero-order valence-electron chi connectivity index (χ0n) is 12.6. The van der Waals surface area contributed by atoms with Crippen LogP contribution in [0.15, 0.2) is 47.1 Å². The molecule has 2 rings (SSSR count). The molecule has 0 amide bonds. The average Bonchev–Trinajstić information content (AvgIpc) is 2.46. The van der Waals surface area contributed by atoms with Crippen LogP contribution in [0.2, 0.25) is 0 Å². The van der Waals surface area contributed by atoms with E-state index in [-0.39, 0.29) is 12.1 Å². The van der Waals surface area contributed by atoms with Crippen molar-refractivity contribution in [1.82, 2.24) is 10.3 Å². The Balaban J connectivity index is 1.96. The van der Waals surface area contributed by atoms with Crippen LogP contribution >= 0.6 is 15.9 Å². The number of hydrogen-bond acceptors (Lipinski definition) is 3. The summed E-state index contributed by atoms with van der Waals surface area (Å²) in [7, 11) is 0. The third-order valence-corrected chi connectivity index (χ3v) is 3.58. The summed E-state index contributed by atoms with van der Waals surface area (Å²) in [4.78, 5) is 4.37. The van der Waals surface area contributed by atoms with Gasteiger partial charge in [-0.3, -0.25) is 4.98 Å². The fourth-order valence-corrected chi connectivity index (χ4v) is 2.25. The molecule has 0 radical (unpaired) electrons. The van der Waals surface area contributed by atoms with E-state index < -0.39 is 0 Å². The fourth-order valence-electron chi connectivity index (χ4n) is 2.02.